The van der Waals surface area contributed by atoms with Gasteiger partial charge in [0.05, 0.1) is 4.92 Å². The molecule has 0 aromatic heterocycles. The number of hydrogen-bond acceptors (Lipinski definition) is 9. The van der Waals surface area contributed by atoms with E-state index in [1.807, 2.05) is 106 Å². The molecule has 1 saturated heterocycles. The number of aryl methyl sites for hydroxylation is 2. The molecule has 1 aliphatic rings. The monoisotopic (exact) mass is 842 g/mol. The molecule has 2 N–H and O–H groups in total. The number of carbonyl (C=O) groups is 3. The molecule has 334 valence electrons. The lowest BCUT2D eigenvalue weighted by Crippen LogP contribution is -2.40. The van der Waals surface area contributed by atoms with Crippen LogP contribution in [0.5, 0.6) is 0 Å². The molecule has 4 aromatic carbocycles. The van der Waals surface area contributed by atoms with Gasteiger partial charge in [0.2, 0.25) is 11.8 Å². The van der Waals surface area contributed by atoms with Gasteiger partial charge >= 0.3 is 7.12 Å². The normalized spacial score (nSPS) is 11.0. The molecule has 5 rings (SSSR count). The highest BCUT2D eigenvalue weighted by Crippen LogP contribution is 2.16. The molecule has 61 heavy (non-hydrogen) atoms. The molecule has 0 spiro atoms. The molecule has 0 unspecified atom stereocenters. The summed E-state index contributed by atoms with van der Waals surface area (Å²) in [5, 5.41) is 25.2. The Labute approximate surface area is 365 Å². The fourth-order valence-corrected chi connectivity index (χ4v) is 4.97. The second-order valence-corrected chi connectivity index (χ2v) is 14.0. The minimum Gasteiger partial charge on any atom is -0.550 e. The van der Waals surface area contributed by atoms with Crippen LogP contribution in [0.15, 0.2) is 103 Å². The van der Waals surface area contributed by atoms with Crippen molar-refractivity contribution in [1.82, 2.24) is 0 Å². The number of nitro benzene ring substituents is 1. The van der Waals surface area contributed by atoms with Crippen molar-refractivity contribution in [2.45, 2.75) is 113 Å². The molecule has 4 aromatic rings. The molecule has 1 heterocycles. The van der Waals surface area contributed by atoms with Crippen molar-refractivity contribution in [3.05, 3.63) is 124 Å². The van der Waals surface area contributed by atoms with Crippen LogP contribution in [-0.4, -0.2) is 57.1 Å². The van der Waals surface area contributed by atoms with Gasteiger partial charge in [0.1, 0.15) is 0 Å². The summed E-state index contributed by atoms with van der Waals surface area (Å²) in [7, 11) is 3.73. The number of nitrogens with zero attached hydrogens (tertiary/aromatic N) is 2. The minimum absolute atomic E-state index is 0.0800. The van der Waals surface area contributed by atoms with Crippen molar-refractivity contribution in [2.24, 2.45) is 0 Å². The van der Waals surface area contributed by atoms with E-state index in [1.54, 1.807) is 12.1 Å². The second kappa shape index (κ2) is 35.3. The number of carboxylic acids is 1. The third-order valence-corrected chi connectivity index (χ3v) is 8.45. The molecule has 1 aliphatic heterocycles. The molecule has 0 bridgehead atoms. The van der Waals surface area contributed by atoms with Gasteiger partial charge in [-0.15, -0.1) is 0 Å². The number of rotatable bonds is 14. The Kier molecular flexibility index (Phi) is 32.1. The van der Waals surface area contributed by atoms with Gasteiger partial charge in [0.15, 0.2) is 0 Å². The third-order valence-electron chi connectivity index (χ3n) is 8.45. The van der Waals surface area contributed by atoms with E-state index in [0.717, 1.165) is 86.2 Å². The Morgan fingerprint density at radius 1 is 0.672 bits per heavy atom. The van der Waals surface area contributed by atoms with Gasteiger partial charge in [-0.2, -0.15) is 0 Å². The van der Waals surface area contributed by atoms with Gasteiger partial charge in [-0.3, -0.25) is 19.7 Å². The van der Waals surface area contributed by atoms with Crippen LogP contribution in [-0.2, 0) is 23.7 Å². The molecule has 0 saturated carbocycles. The largest absolute Gasteiger partial charge is 0.550 e. The number of anilines is 3. The van der Waals surface area contributed by atoms with E-state index in [4.69, 9.17) is 9.31 Å². The Morgan fingerprint density at radius 2 is 1.10 bits per heavy atom. The summed E-state index contributed by atoms with van der Waals surface area (Å²) < 4.78 is 11.1. The predicted molar refractivity (Wildman–Crippen MR) is 250 cm³/mol. The fourth-order valence-electron chi connectivity index (χ4n) is 4.97. The average molecular weight is 842 g/mol. The number of benzene rings is 4. The van der Waals surface area contributed by atoms with Crippen LogP contribution in [0.2, 0.25) is 0 Å². The number of carboxylic acid groups (broad SMARTS) is 1. The number of nitro groups is 1. The highest BCUT2D eigenvalue weighted by Gasteiger charge is 2.24. The summed E-state index contributed by atoms with van der Waals surface area (Å²) in [5.74, 6) is -0.808. The molecule has 0 atom stereocenters. The molecular weight excluding hydrogens is 771 g/mol. The highest BCUT2D eigenvalue weighted by molar-refractivity contribution is 6.61. The first-order valence-electron chi connectivity index (χ1n) is 21.4. The van der Waals surface area contributed by atoms with Crippen LogP contribution >= 0.6 is 0 Å². The first kappa shape index (κ1) is 55.5. The quantitative estimate of drug-likeness (QED) is 0.0545. The van der Waals surface area contributed by atoms with Crippen LogP contribution in [0.4, 0.5) is 22.7 Å². The number of carbonyl (C=O) groups excluding carboxylic acids is 3. The minimum atomic E-state index is -0.995. The van der Waals surface area contributed by atoms with Gasteiger partial charge < -0.3 is 34.7 Å². The van der Waals surface area contributed by atoms with E-state index in [9.17, 15) is 29.6 Å². The summed E-state index contributed by atoms with van der Waals surface area (Å²) in [6, 6.07) is 32.3. The van der Waals surface area contributed by atoms with Gasteiger partial charge in [-0.05, 0) is 81.4 Å². The summed E-state index contributed by atoms with van der Waals surface area (Å²) in [6.07, 6.45) is 8.67. The number of aliphatic carboxylic acids is 1. The van der Waals surface area contributed by atoms with E-state index >= 15 is 0 Å². The maximum absolute atomic E-state index is 11.7. The first-order valence-corrected chi connectivity index (χ1v) is 21.4. The van der Waals surface area contributed by atoms with Gasteiger partial charge in [0, 0.05) is 75.3 Å². The smallest absolute Gasteiger partial charge is 0.493 e. The van der Waals surface area contributed by atoms with Crippen LogP contribution in [0.1, 0.15) is 110 Å². The second-order valence-electron chi connectivity index (χ2n) is 14.0. The Morgan fingerprint density at radius 3 is 1.46 bits per heavy atom. The maximum atomic E-state index is 11.7. The molecule has 1 fully saturated rings. The number of non-ortho nitro benzene ring substituents is 1. The molecule has 0 radical (unpaired) electrons. The Balaban J connectivity index is 0.000000788. The number of hydrogen-bond donors (Lipinski definition) is 2. The van der Waals surface area contributed by atoms with Crippen LogP contribution < -0.4 is 26.1 Å². The van der Waals surface area contributed by atoms with Gasteiger partial charge in [-0.25, -0.2) is 0 Å². The predicted octanol–water partition coefficient (Wildman–Crippen LogP) is 9.68. The Hall–Kier alpha value is -5.53. The van der Waals surface area contributed by atoms with Gasteiger partial charge in [0.25, 0.3) is 5.69 Å². The van der Waals surface area contributed by atoms with E-state index in [1.165, 1.54) is 24.6 Å². The van der Waals surface area contributed by atoms with Crippen molar-refractivity contribution >= 4 is 53.1 Å². The molecule has 12 nitrogen and oxygen atoms in total. The highest BCUT2D eigenvalue weighted by atomic mass is 16.6. The van der Waals surface area contributed by atoms with Crippen molar-refractivity contribution in [3.63, 3.8) is 0 Å². The summed E-state index contributed by atoms with van der Waals surface area (Å²) in [6.45, 7) is 15.3. The molecule has 0 aliphatic carbocycles. The van der Waals surface area contributed by atoms with Crippen molar-refractivity contribution in [2.75, 3.05) is 42.8 Å². The average Bonchev–Trinajstić information content (AvgIpc) is 3.26. The summed E-state index contributed by atoms with van der Waals surface area (Å²) in [5.41, 5.74) is 6.32. The fraction of sp³-hybridized carbons (Fsp3) is 0.438. The van der Waals surface area contributed by atoms with Crippen molar-refractivity contribution in [1.29, 1.82) is 0 Å². The number of unbranched alkanes of at least 4 members (excludes halogenated alkanes) is 4. The topological polar surface area (TPSA) is 163 Å². The van der Waals surface area contributed by atoms with E-state index in [-0.39, 0.29) is 31.0 Å². The molecule has 13 heteroatoms. The summed E-state index contributed by atoms with van der Waals surface area (Å²) >= 11 is 0. The van der Waals surface area contributed by atoms with E-state index in [0.29, 0.717) is 12.8 Å². The van der Waals surface area contributed by atoms with Crippen molar-refractivity contribution in [3.8, 4) is 0 Å². The number of amides is 2. The van der Waals surface area contributed by atoms with Crippen LogP contribution in [0, 0.1) is 24.0 Å². The van der Waals surface area contributed by atoms with E-state index < -0.39 is 10.9 Å². The third kappa shape index (κ3) is 28.6. The lowest BCUT2D eigenvalue weighted by molar-refractivity contribution is -0.384. The maximum Gasteiger partial charge on any atom is 0.493 e. The van der Waals surface area contributed by atoms with E-state index in [2.05, 4.69) is 43.5 Å². The van der Waals surface area contributed by atoms with Gasteiger partial charge in [-0.1, -0.05) is 126 Å². The number of nitrogens with one attached hydrogen (secondary N) is 2. The van der Waals surface area contributed by atoms with Crippen LogP contribution in [0.3, 0.4) is 0 Å². The SMILES string of the molecule is CC.CCC(=O)[O-].CCCCCC(=O)Nc1ccc(B2OCCCO2)cc1.CCCCCC(=O)Nc1ccc(N(C)C)cc1.Cc1ccc([N+](=O)[O-])cc1.Cc1ccccc1. The standard InChI is InChI=1S/C15H22BNO3.C14H22N2O.C7H7NO2.C7H8.C3H6O2.C2H6/c1-2-3-4-6-15(18)17-14-9-7-13(8-10-14)16-19-11-5-12-20-16;1-4-5-6-7-14(17)15-12-8-10-13(11-9-12)16(2)3;1-6-2-4-7(5-3-6)8(9)10;1-7-5-3-2-4-6-7;1-2-3(4)5;1-2/h7-10H,2-6,11-12H2,1H3,(H,17,18);8-11H,4-7H2,1-3H3,(H,15,17);2-5H,1H3;2-6H,1H3;2H2,1H3,(H,4,5);1-2H3/p-1. The lowest BCUT2D eigenvalue weighted by Gasteiger charge is -2.20. The zero-order valence-electron chi connectivity index (χ0n) is 38.0. The molecule has 2 amide bonds. The summed E-state index contributed by atoms with van der Waals surface area (Å²) in [4.78, 5) is 44.3. The first-order chi connectivity index (χ1) is 29.3. The molecular formula is C48H70BN4O8-. The lowest BCUT2D eigenvalue weighted by atomic mass is 9.78. The van der Waals surface area contributed by atoms with Crippen molar-refractivity contribution < 1.29 is 33.7 Å². The zero-order chi connectivity index (χ0) is 45.8. The van der Waals surface area contributed by atoms with Crippen LogP contribution in [0.25, 0.3) is 0 Å². The Bertz CT molecular complexity index is 1730. The zero-order valence-corrected chi connectivity index (χ0v) is 38.0.